The number of aryl methyl sites for hydroxylation is 1. The lowest BCUT2D eigenvalue weighted by Gasteiger charge is -2.11. The zero-order valence-corrected chi connectivity index (χ0v) is 8.61. The number of allylic oxidation sites excluding steroid dienone is 1. The first-order valence-corrected chi connectivity index (χ1v) is 4.95. The second-order valence-electron chi connectivity index (χ2n) is 3.47. The second-order valence-corrected chi connectivity index (χ2v) is 3.47. The molecule has 1 aromatic heterocycles. The summed E-state index contributed by atoms with van der Waals surface area (Å²) >= 11 is 0. The Balaban J connectivity index is 2.55. The van der Waals surface area contributed by atoms with Gasteiger partial charge in [0.2, 0.25) is 0 Å². The molecular weight excluding hydrogens is 174 g/mol. The Morgan fingerprint density at radius 3 is 3.07 bits per heavy atom. The van der Waals surface area contributed by atoms with Gasteiger partial charge in [0.1, 0.15) is 0 Å². The highest BCUT2D eigenvalue weighted by Gasteiger charge is 2.08. The van der Waals surface area contributed by atoms with Crippen molar-refractivity contribution in [1.29, 1.82) is 0 Å². The molecule has 76 valence electrons. The van der Waals surface area contributed by atoms with E-state index in [-0.39, 0.29) is 6.10 Å². The highest BCUT2D eigenvalue weighted by Crippen LogP contribution is 2.21. The molecule has 0 spiro atoms. The fraction of sp³-hybridized carbons (Fsp3) is 0.417. The van der Waals surface area contributed by atoms with Gasteiger partial charge in [-0.05, 0) is 37.8 Å². The van der Waals surface area contributed by atoms with Crippen LogP contribution in [0, 0.1) is 6.92 Å². The minimum atomic E-state index is -0.386. The van der Waals surface area contributed by atoms with Gasteiger partial charge in [0.25, 0.3) is 0 Å². The molecular formula is C12H17NO. The Bertz CT molecular complexity index is 296. The number of unbranched alkanes of at least 4 members (excludes halogenated alkanes) is 1. The van der Waals surface area contributed by atoms with Gasteiger partial charge in [0.15, 0.2) is 0 Å². The number of aliphatic hydroxyl groups excluding tert-OH is 1. The first kappa shape index (κ1) is 10.9. The van der Waals surface area contributed by atoms with E-state index in [1.807, 2.05) is 19.1 Å². The summed E-state index contributed by atoms with van der Waals surface area (Å²) in [7, 11) is 0. The van der Waals surface area contributed by atoms with Crippen LogP contribution in [-0.4, -0.2) is 10.1 Å². The Morgan fingerprint density at radius 2 is 2.43 bits per heavy atom. The summed E-state index contributed by atoms with van der Waals surface area (Å²) in [5.74, 6) is 0. The Labute approximate surface area is 85.3 Å². The van der Waals surface area contributed by atoms with Gasteiger partial charge in [-0.2, -0.15) is 0 Å². The van der Waals surface area contributed by atoms with Crippen molar-refractivity contribution in [3.05, 3.63) is 42.2 Å². The number of hydrogen-bond donors (Lipinski definition) is 1. The Kier molecular flexibility index (Phi) is 4.33. The SMILES string of the molecule is C=CCCCC(O)c1cnccc1C. The van der Waals surface area contributed by atoms with Gasteiger partial charge in [-0.3, -0.25) is 4.98 Å². The number of aromatic nitrogens is 1. The van der Waals surface area contributed by atoms with Gasteiger partial charge < -0.3 is 5.11 Å². The number of rotatable bonds is 5. The van der Waals surface area contributed by atoms with Crippen molar-refractivity contribution in [3.8, 4) is 0 Å². The fourth-order valence-electron chi connectivity index (χ4n) is 1.44. The van der Waals surface area contributed by atoms with E-state index in [0.29, 0.717) is 0 Å². The lowest BCUT2D eigenvalue weighted by atomic mass is 10.0. The smallest absolute Gasteiger partial charge is 0.0807 e. The summed E-state index contributed by atoms with van der Waals surface area (Å²) in [5.41, 5.74) is 2.04. The summed E-state index contributed by atoms with van der Waals surface area (Å²) in [6, 6.07) is 1.92. The second kappa shape index (κ2) is 5.55. The minimum Gasteiger partial charge on any atom is -0.388 e. The zero-order valence-electron chi connectivity index (χ0n) is 8.61. The molecule has 0 amide bonds. The van der Waals surface area contributed by atoms with E-state index in [9.17, 15) is 5.11 Å². The normalized spacial score (nSPS) is 12.4. The monoisotopic (exact) mass is 191 g/mol. The van der Waals surface area contributed by atoms with Crippen molar-refractivity contribution in [2.75, 3.05) is 0 Å². The predicted molar refractivity (Wildman–Crippen MR) is 58.0 cm³/mol. The van der Waals surface area contributed by atoms with Gasteiger partial charge in [0, 0.05) is 18.0 Å². The maximum atomic E-state index is 9.85. The molecule has 1 unspecified atom stereocenters. The Hall–Kier alpha value is -1.15. The van der Waals surface area contributed by atoms with E-state index in [1.165, 1.54) is 0 Å². The standard InChI is InChI=1S/C12H17NO/c1-3-4-5-6-12(14)11-9-13-8-7-10(11)2/h3,7-9,12,14H,1,4-6H2,2H3. The van der Waals surface area contributed by atoms with Gasteiger partial charge >= 0.3 is 0 Å². The molecule has 0 radical (unpaired) electrons. The summed E-state index contributed by atoms with van der Waals surface area (Å²) in [4.78, 5) is 4.01. The summed E-state index contributed by atoms with van der Waals surface area (Å²) in [6.45, 7) is 5.65. The number of aliphatic hydroxyl groups is 1. The van der Waals surface area contributed by atoms with E-state index >= 15 is 0 Å². The van der Waals surface area contributed by atoms with E-state index in [4.69, 9.17) is 0 Å². The molecule has 0 saturated carbocycles. The molecule has 0 aliphatic rings. The predicted octanol–water partition coefficient (Wildman–Crippen LogP) is 2.78. The highest BCUT2D eigenvalue weighted by molar-refractivity contribution is 5.23. The third kappa shape index (κ3) is 2.96. The van der Waals surface area contributed by atoms with Crippen molar-refractivity contribution < 1.29 is 5.11 Å². The van der Waals surface area contributed by atoms with E-state index in [0.717, 1.165) is 30.4 Å². The molecule has 1 aromatic rings. The molecule has 0 fully saturated rings. The first-order valence-electron chi connectivity index (χ1n) is 4.95. The average Bonchev–Trinajstić information content (AvgIpc) is 2.18. The molecule has 1 heterocycles. The molecule has 0 saturated heterocycles. The van der Waals surface area contributed by atoms with Gasteiger partial charge in [-0.1, -0.05) is 6.08 Å². The highest BCUT2D eigenvalue weighted by atomic mass is 16.3. The van der Waals surface area contributed by atoms with Crippen LogP contribution < -0.4 is 0 Å². The van der Waals surface area contributed by atoms with Gasteiger partial charge in [0.05, 0.1) is 6.10 Å². The molecule has 2 heteroatoms. The van der Waals surface area contributed by atoms with Crippen LogP contribution >= 0.6 is 0 Å². The van der Waals surface area contributed by atoms with Crippen LogP contribution in [0.3, 0.4) is 0 Å². The van der Waals surface area contributed by atoms with Gasteiger partial charge in [-0.15, -0.1) is 6.58 Å². The molecule has 0 aliphatic carbocycles. The maximum Gasteiger partial charge on any atom is 0.0807 e. The van der Waals surface area contributed by atoms with Crippen molar-refractivity contribution >= 4 is 0 Å². The van der Waals surface area contributed by atoms with Crippen LogP contribution in [-0.2, 0) is 0 Å². The quantitative estimate of drug-likeness (QED) is 0.573. The summed E-state index contributed by atoms with van der Waals surface area (Å²) in [6.07, 6.45) is 7.68. The number of pyridine rings is 1. The first-order chi connectivity index (χ1) is 6.75. The lowest BCUT2D eigenvalue weighted by molar-refractivity contribution is 0.164. The molecule has 0 bridgehead atoms. The van der Waals surface area contributed by atoms with Crippen LogP contribution in [0.15, 0.2) is 31.1 Å². The van der Waals surface area contributed by atoms with Crippen molar-refractivity contribution in [3.63, 3.8) is 0 Å². The number of hydrogen-bond acceptors (Lipinski definition) is 2. The summed E-state index contributed by atoms with van der Waals surface area (Å²) in [5, 5.41) is 9.85. The van der Waals surface area contributed by atoms with Crippen LogP contribution in [0.4, 0.5) is 0 Å². The van der Waals surface area contributed by atoms with Crippen LogP contribution in [0.5, 0.6) is 0 Å². The topological polar surface area (TPSA) is 33.1 Å². The number of nitrogens with zero attached hydrogens (tertiary/aromatic N) is 1. The van der Waals surface area contributed by atoms with E-state index in [1.54, 1.807) is 12.4 Å². The molecule has 2 nitrogen and oxygen atoms in total. The third-order valence-corrected chi connectivity index (χ3v) is 2.32. The molecule has 0 aromatic carbocycles. The van der Waals surface area contributed by atoms with Crippen molar-refractivity contribution in [1.82, 2.24) is 4.98 Å². The third-order valence-electron chi connectivity index (χ3n) is 2.32. The molecule has 1 atom stereocenters. The van der Waals surface area contributed by atoms with E-state index < -0.39 is 0 Å². The lowest BCUT2D eigenvalue weighted by Crippen LogP contribution is -2.00. The van der Waals surface area contributed by atoms with Crippen LogP contribution in [0.25, 0.3) is 0 Å². The summed E-state index contributed by atoms with van der Waals surface area (Å²) < 4.78 is 0. The van der Waals surface area contributed by atoms with E-state index in [2.05, 4.69) is 11.6 Å². The largest absolute Gasteiger partial charge is 0.388 e. The molecule has 1 N–H and O–H groups in total. The van der Waals surface area contributed by atoms with Gasteiger partial charge in [-0.25, -0.2) is 0 Å². The fourth-order valence-corrected chi connectivity index (χ4v) is 1.44. The van der Waals surface area contributed by atoms with Crippen molar-refractivity contribution in [2.24, 2.45) is 0 Å². The Morgan fingerprint density at radius 1 is 1.64 bits per heavy atom. The molecule has 14 heavy (non-hydrogen) atoms. The molecule has 0 aliphatic heterocycles. The average molecular weight is 191 g/mol. The van der Waals surface area contributed by atoms with Crippen LogP contribution in [0.2, 0.25) is 0 Å². The maximum absolute atomic E-state index is 9.85. The molecule has 1 rings (SSSR count). The van der Waals surface area contributed by atoms with Crippen molar-refractivity contribution in [2.45, 2.75) is 32.3 Å². The zero-order chi connectivity index (χ0) is 10.4. The minimum absolute atomic E-state index is 0.386. The van der Waals surface area contributed by atoms with Crippen LogP contribution in [0.1, 0.15) is 36.5 Å².